The van der Waals surface area contributed by atoms with Crippen molar-refractivity contribution in [3.63, 3.8) is 0 Å². The SMILES string of the molecule is Cc1cnc(C2CCC2)n1C1CCN(C(=O)NCCc2ccccc2)CC1. The second kappa shape index (κ2) is 8.15. The summed E-state index contributed by atoms with van der Waals surface area (Å²) in [6.45, 7) is 4.50. The molecule has 2 aromatic rings. The number of nitrogens with one attached hydrogen (secondary N) is 1. The Morgan fingerprint density at radius 2 is 1.89 bits per heavy atom. The lowest BCUT2D eigenvalue weighted by molar-refractivity contribution is 0.169. The average molecular weight is 367 g/mol. The second-order valence-corrected chi connectivity index (χ2v) is 7.94. The molecule has 4 rings (SSSR count). The Labute approximate surface area is 161 Å². The van der Waals surface area contributed by atoms with E-state index in [0.29, 0.717) is 18.5 Å². The van der Waals surface area contributed by atoms with Crippen molar-refractivity contribution in [2.75, 3.05) is 19.6 Å². The van der Waals surface area contributed by atoms with Crippen molar-refractivity contribution in [1.82, 2.24) is 19.8 Å². The number of imidazole rings is 1. The number of aryl methyl sites for hydroxylation is 1. The Hall–Kier alpha value is -2.30. The summed E-state index contributed by atoms with van der Waals surface area (Å²) in [5.41, 5.74) is 2.53. The monoisotopic (exact) mass is 366 g/mol. The average Bonchev–Trinajstić information content (AvgIpc) is 3.02. The lowest BCUT2D eigenvalue weighted by atomic mass is 9.84. The van der Waals surface area contributed by atoms with E-state index in [0.717, 1.165) is 32.4 Å². The smallest absolute Gasteiger partial charge is 0.317 e. The van der Waals surface area contributed by atoms with E-state index in [1.54, 1.807) is 0 Å². The molecule has 0 unspecified atom stereocenters. The summed E-state index contributed by atoms with van der Waals surface area (Å²) in [6.07, 6.45) is 8.82. The van der Waals surface area contributed by atoms with Crippen LogP contribution in [0.25, 0.3) is 0 Å². The van der Waals surface area contributed by atoms with Gasteiger partial charge in [0.15, 0.2) is 0 Å². The summed E-state index contributed by atoms with van der Waals surface area (Å²) in [5, 5.41) is 3.08. The molecular weight excluding hydrogens is 336 g/mol. The maximum absolute atomic E-state index is 12.5. The Morgan fingerprint density at radius 3 is 2.56 bits per heavy atom. The maximum Gasteiger partial charge on any atom is 0.317 e. The highest BCUT2D eigenvalue weighted by Gasteiger charge is 2.30. The van der Waals surface area contributed by atoms with Gasteiger partial charge in [-0.3, -0.25) is 0 Å². The van der Waals surface area contributed by atoms with E-state index < -0.39 is 0 Å². The Balaban J connectivity index is 1.27. The number of carbonyl (C=O) groups is 1. The third kappa shape index (κ3) is 4.02. The minimum atomic E-state index is 0.0750. The molecule has 5 heteroatoms. The first-order chi connectivity index (χ1) is 13.2. The molecular formula is C22H30N4O. The molecule has 2 fully saturated rings. The number of likely N-dealkylation sites (tertiary alicyclic amines) is 1. The third-order valence-corrected chi connectivity index (χ3v) is 6.13. The standard InChI is InChI=1S/C22H30N4O/c1-17-16-24-21(19-8-5-9-19)26(17)20-11-14-25(15-12-20)22(27)23-13-10-18-6-3-2-4-7-18/h2-4,6-7,16,19-20H,5,8-15H2,1H3,(H,23,27). The molecule has 5 nitrogen and oxygen atoms in total. The van der Waals surface area contributed by atoms with Crippen LogP contribution in [-0.2, 0) is 6.42 Å². The lowest BCUT2D eigenvalue weighted by Crippen LogP contribution is -2.45. The first-order valence-corrected chi connectivity index (χ1v) is 10.3. The van der Waals surface area contributed by atoms with Gasteiger partial charge >= 0.3 is 6.03 Å². The van der Waals surface area contributed by atoms with Gasteiger partial charge in [-0.05, 0) is 44.6 Å². The first kappa shape index (κ1) is 18.1. The van der Waals surface area contributed by atoms with Crippen LogP contribution in [0.2, 0.25) is 0 Å². The molecule has 1 aromatic carbocycles. The lowest BCUT2D eigenvalue weighted by Gasteiger charge is -2.35. The Morgan fingerprint density at radius 1 is 1.15 bits per heavy atom. The van der Waals surface area contributed by atoms with Gasteiger partial charge in [0.1, 0.15) is 5.82 Å². The molecule has 2 amide bonds. The summed E-state index contributed by atoms with van der Waals surface area (Å²) >= 11 is 0. The number of amides is 2. The predicted molar refractivity (Wildman–Crippen MR) is 107 cm³/mol. The summed E-state index contributed by atoms with van der Waals surface area (Å²) in [7, 11) is 0. The van der Waals surface area contributed by atoms with E-state index in [1.165, 1.54) is 36.3 Å². The summed E-state index contributed by atoms with van der Waals surface area (Å²) < 4.78 is 2.47. The van der Waals surface area contributed by atoms with Crippen molar-refractivity contribution in [1.29, 1.82) is 0 Å². The molecule has 1 N–H and O–H groups in total. The van der Waals surface area contributed by atoms with Gasteiger partial charge in [0, 0.05) is 43.5 Å². The highest BCUT2D eigenvalue weighted by Crippen LogP contribution is 2.38. The van der Waals surface area contributed by atoms with Crippen molar-refractivity contribution in [3.05, 3.63) is 53.6 Å². The maximum atomic E-state index is 12.5. The number of aromatic nitrogens is 2. The van der Waals surface area contributed by atoms with Gasteiger partial charge in [0.05, 0.1) is 0 Å². The molecule has 0 bridgehead atoms. The minimum Gasteiger partial charge on any atom is -0.338 e. The number of hydrogen-bond acceptors (Lipinski definition) is 2. The van der Waals surface area contributed by atoms with Crippen LogP contribution in [0.5, 0.6) is 0 Å². The van der Waals surface area contributed by atoms with Crippen molar-refractivity contribution in [3.8, 4) is 0 Å². The molecule has 0 atom stereocenters. The number of rotatable bonds is 5. The van der Waals surface area contributed by atoms with Gasteiger partial charge in [-0.25, -0.2) is 9.78 Å². The molecule has 144 valence electrons. The summed E-state index contributed by atoms with van der Waals surface area (Å²) in [4.78, 5) is 19.2. The highest BCUT2D eigenvalue weighted by molar-refractivity contribution is 5.74. The largest absolute Gasteiger partial charge is 0.338 e. The molecule has 1 aromatic heterocycles. The Bertz CT molecular complexity index is 758. The van der Waals surface area contributed by atoms with Gasteiger partial charge in [-0.15, -0.1) is 0 Å². The number of hydrogen-bond donors (Lipinski definition) is 1. The summed E-state index contributed by atoms with van der Waals surface area (Å²) in [5.74, 6) is 1.93. The van der Waals surface area contributed by atoms with E-state index in [4.69, 9.17) is 4.98 Å². The van der Waals surface area contributed by atoms with Crippen LogP contribution in [0.15, 0.2) is 36.5 Å². The van der Waals surface area contributed by atoms with Crippen molar-refractivity contribution in [2.24, 2.45) is 0 Å². The first-order valence-electron chi connectivity index (χ1n) is 10.3. The Kier molecular flexibility index (Phi) is 5.46. The number of nitrogens with zero attached hydrogens (tertiary/aromatic N) is 3. The van der Waals surface area contributed by atoms with E-state index in [1.807, 2.05) is 29.3 Å². The number of carbonyl (C=O) groups excluding carboxylic acids is 1. The molecule has 1 saturated heterocycles. The molecule has 1 saturated carbocycles. The zero-order valence-electron chi connectivity index (χ0n) is 16.2. The fourth-order valence-corrected chi connectivity index (χ4v) is 4.31. The molecule has 1 aliphatic heterocycles. The summed E-state index contributed by atoms with van der Waals surface area (Å²) in [6, 6.07) is 10.9. The fraction of sp³-hybridized carbons (Fsp3) is 0.545. The van der Waals surface area contributed by atoms with Gasteiger partial charge in [-0.1, -0.05) is 36.8 Å². The zero-order chi connectivity index (χ0) is 18.6. The third-order valence-electron chi connectivity index (χ3n) is 6.13. The van der Waals surface area contributed by atoms with Gasteiger partial charge in [0.25, 0.3) is 0 Å². The van der Waals surface area contributed by atoms with Crippen LogP contribution in [0.4, 0.5) is 4.79 Å². The number of benzene rings is 1. The van der Waals surface area contributed by atoms with E-state index >= 15 is 0 Å². The van der Waals surface area contributed by atoms with Crippen LogP contribution in [0.1, 0.15) is 61.1 Å². The number of urea groups is 1. The molecule has 2 heterocycles. The van der Waals surface area contributed by atoms with Crippen LogP contribution in [0, 0.1) is 6.92 Å². The van der Waals surface area contributed by atoms with Crippen molar-refractivity contribution in [2.45, 2.75) is 57.4 Å². The van der Waals surface area contributed by atoms with Crippen LogP contribution >= 0.6 is 0 Å². The normalized spacial score (nSPS) is 18.3. The van der Waals surface area contributed by atoms with E-state index in [-0.39, 0.29) is 6.03 Å². The fourth-order valence-electron chi connectivity index (χ4n) is 4.31. The topological polar surface area (TPSA) is 50.2 Å². The molecule has 0 radical (unpaired) electrons. The van der Waals surface area contributed by atoms with Crippen molar-refractivity contribution >= 4 is 6.03 Å². The highest BCUT2D eigenvalue weighted by atomic mass is 16.2. The quantitative estimate of drug-likeness (QED) is 0.868. The van der Waals surface area contributed by atoms with Crippen LogP contribution in [-0.4, -0.2) is 40.1 Å². The van der Waals surface area contributed by atoms with Gasteiger partial charge < -0.3 is 14.8 Å². The van der Waals surface area contributed by atoms with Gasteiger partial charge in [-0.2, -0.15) is 0 Å². The molecule has 2 aliphatic rings. The number of piperidine rings is 1. The van der Waals surface area contributed by atoms with E-state index in [2.05, 4.69) is 28.9 Å². The van der Waals surface area contributed by atoms with Crippen molar-refractivity contribution < 1.29 is 4.79 Å². The minimum absolute atomic E-state index is 0.0750. The van der Waals surface area contributed by atoms with Gasteiger partial charge in [0.2, 0.25) is 0 Å². The predicted octanol–water partition coefficient (Wildman–Crippen LogP) is 4.05. The molecule has 27 heavy (non-hydrogen) atoms. The zero-order valence-corrected chi connectivity index (χ0v) is 16.2. The van der Waals surface area contributed by atoms with Crippen LogP contribution < -0.4 is 5.32 Å². The van der Waals surface area contributed by atoms with Crippen LogP contribution in [0.3, 0.4) is 0 Å². The second-order valence-electron chi connectivity index (χ2n) is 7.94. The van der Waals surface area contributed by atoms with E-state index in [9.17, 15) is 4.79 Å². The molecule has 0 spiro atoms. The molecule has 1 aliphatic carbocycles.